The van der Waals surface area contributed by atoms with Crippen molar-refractivity contribution in [2.24, 2.45) is 0 Å². The number of carbonyl (C=O) groups is 3. The third-order valence-electron chi connectivity index (χ3n) is 4.07. The summed E-state index contributed by atoms with van der Waals surface area (Å²) in [6.07, 6.45) is 0. The van der Waals surface area contributed by atoms with Gasteiger partial charge in [-0.05, 0) is 61.4 Å². The Morgan fingerprint density at radius 2 is 1.65 bits per heavy atom. The number of esters is 1. The Balaban J connectivity index is 2.12. The lowest BCUT2D eigenvalue weighted by Crippen LogP contribution is -2.36. The minimum atomic E-state index is -0.460. The van der Waals surface area contributed by atoms with Crippen LogP contribution in [-0.2, 0) is 14.3 Å². The molecule has 0 radical (unpaired) electrons. The second-order valence-electron chi connectivity index (χ2n) is 5.99. The van der Waals surface area contributed by atoms with Crippen molar-refractivity contribution >= 4 is 29.2 Å². The van der Waals surface area contributed by atoms with Gasteiger partial charge in [0.25, 0.3) is 0 Å². The second-order valence-corrected chi connectivity index (χ2v) is 5.99. The molecular formula is C20H22N2O4. The van der Waals surface area contributed by atoms with Crippen LogP contribution in [0.1, 0.15) is 28.4 Å². The first-order valence-corrected chi connectivity index (χ1v) is 8.15. The van der Waals surface area contributed by atoms with E-state index < -0.39 is 5.97 Å². The largest absolute Gasteiger partial charge is 0.465 e. The molecule has 26 heavy (non-hydrogen) atoms. The van der Waals surface area contributed by atoms with Crippen LogP contribution in [0.3, 0.4) is 0 Å². The maximum absolute atomic E-state index is 12.3. The minimum absolute atomic E-state index is 0.125. The predicted octanol–water partition coefficient (Wildman–Crippen LogP) is 3.08. The van der Waals surface area contributed by atoms with Crippen LogP contribution in [0, 0.1) is 13.8 Å². The molecule has 2 rings (SSSR count). The van der Waals surface area contributed by atoms with Crippen LogP contribution in [0.25, 0.3) is 0 Å². The Bertz CT molecular complexity index is 828. The summed E-state index contributed by atoms with van der Waals surface area (Å²) >= 11 is 0. The Morgan fingerprint density at radius 3 is 2.19 bits per heavy atom. The van der Waals surface area contributed by atoms with Gasteiger partial charge in [0, 0.05) is 18.3 Å². The topological polar surface area (TPSA) is 75.7 Å². The number of nitrogens with zero attached hydrogens (tertiary/aromatic N) is 1. The molecule has 0 heterocycles. The molecule has 6 heteroatoms. The minimum Gasteiger partial charge on any atom is -0.465 e. The normalized spacial score (nSPS) is 10.2. The van der Waals surface area contributed by atoms with Crippen molar-refractivity contribution in [2.75, 3.05) is 23.9 Å². The number of aryl methyl sites for hydroxylation is 2. The van der Waals surface area contributed by atoms with Gasteiger partial charge in [0.2, 0.25) is 11.8 Å². The molecule has 0 bridgehead atoms. The summed E-state index contributed by atoms with van der Waals surface area (Å²) in [6.45, 7) is 5.23. The third kappa shape index (κ3) is 4.69. The highest BCUT2D eigenvalue weighted by molar-refractivity contribution is 6.02. The van der Waals surface area contributed by atoms with E-state index >= 15 is 0 Å². The van der Waals surface area contributed by atoms with E-state index in [4.69, 9.17) is 0 Å². The van der Waals surface area contributed by atoms with Gasteiger partial charge in [-0.2, -0.15) is 0 Å². The van der Waals surface area contributed by atoms with E-state index in [2.05, 4.69) is 10.1 Å². The molecule has 1 N–H and O–H groups in total. The van der Waals surface area contributed by atoms with Crippen molar-refractivity contribution in [1.29, 1.82) is 0 Å². The van der Waals surface area contributed by atoms with Crippen LogP contribution in [0.2, 0.25) is 0 Å². The van der Waals surface area contributed by atoms with Crippen molar-refractivity contribution in [1.82, 2.24) is 0 Å². The van der Waals surface area contributed by atoms with E-state index in [1.54, 1.807) is 24.3 Å². The molecule has 0 saturated carbocycles. The van der Waals surface area contributed by atoms with Crippen LogP contribution in [-0.4, -0.2) is 31.4 Å². The molecule has 2 amide bonds. The molecule has 2 aromatic rings. The highest BCUT2D eigenvalue weighted by atomic mass is 16.5. The van der Waals surface area contributed by atoms with Gasteiger partial charge in [-0.25, -0.2) is 4.79 Å². The molecule has 0 unspecified atom stereocenters. The molecule has 0 atom stereocenters. The first-order valence-electron chi connectivity index (χ1n) is 8.15. The standard InChI is InChI=1S/C20H22N2O4/c1-13-5-8-17(11-14(13)2)21-19(24)12-22(15(3)23)18-9-6-16(7-10-18)20(25)26-4/h5-11H,12H2,1-4H3,(H,21,24). The number of amides is 2. The van der Waals surface area contributed by atoms with E-state index in [-0.39, 0.29) is 18.4 Å². The molecule has 0 saturated heterocycles. The monoisotopic (exact) mass is 354 g/mol. The van der Waals surface area contributed by atoms with Gasteiger partial charge in [0.05, 0.1) is 12.7 Å². The highest BCUT2D eigenvalue weighted by Crippen LogP contribution is 2.17. The number of methoxy groups -OCH3 is 1. The van der Waals surface area contributed by atoms with Crippen LogP contribution >= 0.6 is 0 Å². The molecule has 0 aromatic heterocycles. The van der Waals surface area contributed by atoms with Gasteiger partial charge in [-0.3, -0.25) is 9.59 Å². The van der Waals surface area contributed by atoms with Crippen molar-refractivity contribution in [3.8, 4) is 0 Å². The smallest absolute Gasteiger partial charge is 0.337 e. The van der Waals surface area contributed by atoms with Gasteiger partial charge in [-0.15, -0.1) is 0 Å². The van der Waals surface area contributed by atoms with E-state index in [0.29, 0.717) is 16.9 Å². The average Bonchev–Trinajstić information content (AvgIpc) is 2.62. The molecule has 0 aliphatic heterocycles. The van der Waals surface area contributed by atoms with Crippen molar-refractivity contribution < 1.29 is 19.1 Å². The second kappa shape index (κ2) is 8.29. The number of hydrogen-bond acceptors (Lipinski definition) is 4. The van der Waals surface area contributed by atoms with Crippen molar-refractivity contribution in [3.05, 3.63) is 59.2 Å². The zero-order chi connectivity index (χ0) is 19.3. The lowest BCUT2D eigenvalue weighted by atomic mass is 10.1. The van der Waals surface area contributed by atoms with Gasteiger partial charge in [0.1, 0.15) is 6.54 Å². The number of rotatable bonds is 5. The lowest BCUT2D eigenvalue weighted by Gasteiger charge is -2.21. The number of hydrogen-bond donors (Lipinski definition) is 1. The zero-order valence-electron chi connectivity index (χ0n) is 15.3. The number of ether oxygens (including phenoxy) is 1. The van der Waals surface area contributed by atoms with Crippen LogP contribution in [0.4, 0.5) is 11.4 Å². The molecule has 0 fully saturated rings. The van der Waals surface area contributed by atoms with Gasteiger partial charge in [-0.1, -0.05) is 6.07 Å². The summed E-state index contributed by atoms with van der Waals surface area (Å²) in [5.74, 6) is -1.04. The fraction of sp³-hybridized carbons (Fsp3) is 0.250. The zero-order valence-corrected chi connectivity index (χ0v) is 15.3. The molecular weight excluding hydrogens is 332 g/mol. The summed E-state index contributed by atoms with van der Waals surface area (Å²) in [6, 6.07) is 12.0. The molecule has 2 aromatic carbocycles. The van der Waals surface area contributed by atoms with E-state index in [1.165, 1.54) is 18.9 Å². The number of nitrogens with one attached hydrogen (secondary N) is 1. The lowest BCUT2D eigenvalue weighted by molar-refractivity contribution is -0.120. The van der Waals surface area contributed by atoms with Crippen molar-refractivity contribution in [2.45, 2.75) is 20.8 Å². The SMILES string of the molecule is COC(=O)c1ccc(N(CC(=O)Nc2ccc(C)c(C)c2)C(C)=O)cc1. The first kappa shape index (κ1) is 19.2. The quantitative estimate of drug-likeness (QED) is 0.837. The average molecular weight is 354 g/mol. The predicted molar refractivity (Wildman–Crippen MR) is 100 cm³/mol. The fourth-order valence-electron chi connectivity index (χ4n) is 2.44. The first-order chi connectivity index (χ1) is 12.3. The van der Waals surface area contributed by atoms with Crippen LogP contribution < -0.4 is 10.2 Å². The number of benzene rings is 2. The summed E-state index contributed by atoms with van der Waals surface area (Å²) in [4.78, 5) is 37.1. The molecule has 0 aliphatic rings. The molecule has 6 nitrogen and oxygen atoms in total. The number of anilines is 2. The molecule has 0 aliphatic carbocycles. The molecule has 136 valence electrons. The Hall–Kier alpha value is -3.15. The molecule has 0 spiro atoms. The van der Waals surface area contributed by atoms with Crippen LogP contribution in [0.5, 0.6) is 0 Å². The van der Waals surface area contributed by atoms with Gasteiger partial charge in [0.15, 0.2) is 0 Å². The highest BCUT2D eigenvalue weighted by Gasteiger charge is 2.17. The van der Waals surface area contributed by atoms with Gasteiger partial charge >= 0.3 is 5.97 Å². The van der Waals surface area contributed by atoms with E-state index in [9.17, 15) is 14.4 Å². The maximum Gasteiger partial charge on any atom is 0.337 e. The van der Waals surface area contributed by atoms with E-state index in [1.807, 2.05) is 32.0 Å². The van der Waals surface area contributed by atoms with Gasteiger partial charge < -0.3 is 15.0 Å². The van der Waals surface area contributed by atoms with Crippen molar-refractivity contribution in [3.63, 3.8) is 0 Å². The third-order valence-corrected chi connectivity index (χ3v) is 4.07. The summed E-state index contributed by atoms with van der Waals surface area (Å²) < 4.78 is 4.65. The summed E-state index contributed by atoms with van der Waals surface area (Å²) in [7, 11) is 1.30. The maximum atomic E-state index is 12.3. The Morgan fingerprint density at radius 1 is 1.00 bits per heavy atom. The Kier molecular flexibility index (Phi) is 6.11. The van der Waals surface area contributed by atoms with Crippen LogP contribution in [0.15, 0.2) is 42.5 Å². The number of carbonyl (C=O) groups excluding carboxylic acids is 3. The fourth-order valence-corrected chi connectivity index (χ4v) is 2.44. The van der Waals surface area contributed by atoms with E-state index in [0.717, 1.165) is 11.1 Å². The summed E-state index contributed by atoms with van der Waals surface area (Å²) in [5.41, 5.74) is 3.80. The summed E-state index contributed by atoms with van der Waals surface area (Å²) in [5, 5.41) is 2.80. The Labute approximate surface area is 152 Å².